The highest BCUT2D eigenvalue weighted by atomic mass is 19.3. The lowest BCUT2D eigenvalue weighted by Gasteiger charge is -2.07. The zero-order valence-electron chi connectivity index (χ0n) is 6.97. The Morgan fingerprint density at radius 3 is 2.43 bits per heavy atom. The van der Waals surface area contributed by atoms with Gasteiger partial charge in [0.05, 0.1) is 0 Å². The summed E-state index contributed by atoms with van der Waals surface area (Å²) in [4.78, 5) is 7.16. The van der Waals surface area contributed by atoms with Gasteiger partial charge in [-0.05, 0) is 12.1 Å². The molecule has 0 heterocycles. The van der Waals surface area contributed by atoms with Crippen LogP contribution in [0, 0.1) is 0 Å². The molecular weight excluding hydrogens is 197 g/mol. The predicted molar refractivity (Wildman–Crippen MR) is 43.2 cm³/mol. The van der Waals surface area contributed by atoms with E-state index in [2.05, 4.69) is 14.3 Å². The molecule has 7 heteroatoms. The molecule has 0 fully saturated rings. The zero-order valence-corrected chi connectivity index (χ0v) is 6.97. The molecule has 0 aliphatic heterocycles. The van der Waals surface area contributed by atoms with Crippen LogP contribution < -0.4 is 4.65 Å². The second-order valence-electron chi connectivity index (χ2n) is 2.19. The van der Waals surface area contributed by atoms with E-state index >= 15 is 0 Å². The molecule has 1 rings (SSSR count). The Kier molecular flexibility index (Phi) is 4.31. The Bertz CT molecular complexity index is 259. The molecule has 0 atom stereocenters. The summed E-state index contributed by atoms with van der Waals surface area (Å²) in [5.74, 6) is 0.276. The molecule has 0 unspecified atom stereocenters. The number of hydrogen-bond acceptors (Lipinski definition) is 4. The highest BCUT2D eigenvalue weighted by Gasteiger charge is 2.22. The van der Waals surface area contributed by atoms with Crippen molar-refractivity contribution in [3.63, 3.8) is 0 Å². The van der Waals surface area contributed by atoms with Crippen LogP contribution in [0.5, 0.6) is 5.75 Å². The van der Waals surface area contributed by atoms with Crippen LogP contribution in [0.4, 0.5) is 8.78 Å². The lowest BCUT2D eigenvalue weighted by Crippen LogP contribution is -2.27. The molecule has 1 N–H and O–H groups in total. The molecule has 0 saturated carbocycles. The van der Waals surface area contributed by atoms with Crippen LogP contribution in [-0.2, 0) is 9.69 Å². The summed E-state index contributed by atoms with van der Waals surface area (Å²) in [7, 11) is -1.88. The lowest BCUT2D eigenvalue weighted by molar-refractivity contribution is -0.339. The van der Waals surface area contributed by atoms with Crippen molar-refractivity contribution in [1.29, 1.82) is 0 Å². The molecule has 1 aromatic carbocycles. The maximum Gasteiger partial charge on any atom is 0.739 e. The van der Waals surface area contributed by atoms with Gasteiger partial charge in [-0.25, -0.2) is 4.81 Å². The van der Waals surface area contributed by atoms with E-state index in [1.807, 2.05) is 0 Å². The molecule has 0 aliphatic rings. The summed E-state index contributed by atoms with van der Waals surface area (Å²) in [6.45, 7) is -3.12. The number of hydrogen-bond donors (Lipinski definition) is 1. The van der Waals surface area contributed by atoms with Crippen LogP contribution >= 0.6 is 0 Å². The minimum absolute atomic E-state index is 0.276. The molecule has 0 radical (unpaired) electrons. The molecule has 4 nitrogen and oxygen atoms in total. The number of benzene rings is 1. The number of alkyl halides is 2. The van der Waals surface area contributed by atoms with Gasteiger partial charge in [-0.2, -0.15) is 13.7 Å². The first-order valence-electron chi connectivity index (χ1n) is 3.68. The fraction of sp³-hybridized carbons (Fsp3) is 0.143. The van der Waals surface area contributed by atoms with Crippen molar-refractivity contribution in [1.82, 2.24) is 0 Å². The Balaban J connectivity index is 2.30. The van der Waals surface area contributed by atoms with Crippen molar-refractivity contribution in [3.8, 4) is 5.75 Å². The topological polar surface area (TPSA) is 47.9 Å². The lowest BCUT2D eigenvalue weighted by atomic mass is 10.2. The second-order valence-corrected chi connectivity index (χ2v) is 2.19. The van der Waals surface area contributed by atoms with Crippen LogP contribution in [0.1, 0.15) is 0 Å². The van der Waals surface area contributed by atoms with Gasteiger partial charge >= 0.3 is 13.9 Å². The van der Waals surface area contributed by atoms with E-state index in [0.717, 1.165) is 0 Å². The molecule has 0 saturated heterocycles. The molecule has 76 valence electrons. The van der Waals surface area contributed by atoms with Crippen LogP contribution in [0.15, 0.2) is 30.3 Å². The van der Waals surface area contributed by atoms with Gasteiger partial charge < -0.3 is 9.68 Å². The largest absolute Gasteiger partial charge is 0.739 e. The first-order chi connectivity index (χ1) is 6.68. The van der Waals surface area contributed by atoms with Gasteiger partial charge in [-0.15, -0.1) is 0 Å². The monoisotopic (exact) mass is 204 g/mol. The quantitative estimate of drug-likeness (QED) is 0.444. The average Bonchev–Trinajstić information content (AvgIpc) is 2.16. The van der Waals surface area contributed by atoms with E-state index in [9.17, 15) is 8.78 Å². The van der Waals surface area contributed by atoms with Crippen LogP contribution in [-0.4, -0.2) is 19.0 Å². The third-order valence-corrected chi connectivity index (χ3v) is 1.19. The molecular formula is C7H7BF2O4. The minimum Gasteiger partial charge on any atom is -0.511 e. The second kappa shape index (κ2) is 5.53. The van der Waals surface area contributed by atoms with Crippen LogP contribution in [0.25, 0.3) is 0 Å². The van der Waals surface area contributed by atoms with E-state index in [1.165, 1.54) is 12.1 Å². The normalized spacial score (nSPS) is 10.3. The standard InChI is InChI=1S/C7H7BF2O4/c9-7(10)13-14-8(11)12-6-4-2-1-3-5-6/h1-5,7,11H. The third-order valence-electron chi connectivity index (χ3n) is 1.19. The van der Waals surface area contributed by atoms with Gasteiger partial charge in [0.25, 0.3) is 0 Å². The average molecular weight is 204 g/mol. The first-order valence-corrected chi connectivity index (χ1v) is 3.68. The molecule has 0 amide bonds. The van der Waals surface area contributed by atoms with Crippen LogP contribution in [0.2, 0.25) is 0 Å². The summed E-state index contributed by atoms with van der Waals surface area (Å²) >= 11 is 0. The maximum atomic E-state index is 11.4. The number of halogens is 2. The van der Waals surface area contributed by atoms with E-state index in [4.69, 9.17) is 5.02 Å². The fourth-order valence-corrected chi connectivity index (χ4v) is 0.725. The van der Waals surface area contributed by atoms with Gasteiger partial charge in [0.1, 0.15) is 5.75 Å². The molecule has 14 heavy (non-hydrogen) atoms. The molecule has 0 aliphatic carbocycles. The maximum absolute atomic E-state index is 11.4. The number of para-hydroxylation sites is 1. The van der Waals surface area contributed by atoms with E-state index < -0.39 is 13.9 Å². The van der Waals surface area contributed by atoms with E-state index in [0.29, 0.717) is 0 Å². The molecule has 0 spiro atoms. The summed E-state index contributed by atoms with van der Waals surface area (Å²) in [5, 5.41) is 8.85. The van der Waals surface area contributed by atoms with Crippen molar-refractivity contribution in [2.45, 2.75) is 6.61 Å². The summed E-state index contributed by atoms with van der Waals surface area (Å²) in [6.07, 6.45) is 0. The van der Waals surface area contributed by atoms with E-state index in [1.54, 1.807) is 18.2 Å². The van der Waals surface area contributed by atoms with Gasteiger partial charge in [-0.3, -0.25) is 0 Å². The molecule has 1 aromatic rings. The summed E-state index contributed by atoms with van der Waals surface area (Å²) in [6, 6.07) is 8.08. The first kappa shape index (κ1) is 10.9. The smallest absolute Gasteiger partial charge is 0.511 e. The Morgan fingerprint density at radius 2 is 1.86 bits per heavy atom. The van der Waals surface area contributed by atoms with Crippen molar-refractivity contribution in [2.75, 3.05) is 0 Å². The Labute approximate surface area is 79.1 Å². The van der Waals surface area contributed by atoms with E-state index in [-0.39, 0.29) is 5.75 Å². The fourth-order valence-electron chi connectivity index (χ4n) is 0.725. The zero-order chi connectivity index (χ0) is 10.4. The SMILES string of the molecule is OB(OOC(F)F)Oc1ccccc1. The Morgan fingerprint density at radius 1 is 1.21 bits per heavy atom. The van der Waals surface area contributed by atoms with Crippen molar-refractivity contribution >= 4 is 7.32 Å². The summed E-state index contributed by atoms with van der Waals surface area (Å²) < 4.78 is 27.5. The van der Waals surface area contributed by atoms with Gasteiger partial charge in [0.15, 0.2) is 0 Å². The van der Waals surface area contributed by atoms with Gasteiger partial charge in [0, 0.05) is 0 Å². The van der Waals surface area contributed by atoms with Gasteiger partial charge in [-0.1, -0.05) is 18.2 Å². The highest BCUT2D eigenvalue weighted by Crippen LogP contribution is 2.09. The van der Waals surface area contributed by atoms with Crippen molar-refractivity contribution in [3.05, 3.63) is 30.3 Å². The van der Waals surface area contributed by atoms with Crippen LogP contribution in [0.3, 0.4) is 0 Å². The minimum atomic E-state index is -3.12. The summed E-state index contributed by atoms with van der Waals surface area (Å²) in [5.41, 5.74) is 0. The van der Waals surface area contributed by atoms with Crippen molar-refractivity contribution in [2.24, 2.45) is 0 Å². The molecule has 0 bridgehead atoms. The third kappa shape index (κ3) is 4.17. The predicted octanol–water partition coefficient (Wildman–Crippen LogP) is 1.21. The van der Waals surface area contributed by atoms with Gasteiger partial charge in [0.2, 0.25) is 0 Å². The molecule has 0 aromatic heterocycles. The van der Waals surface area contributed by atoms with Crippen molar-refractivity contribution < 1.29 is 28.2 Å². The highest BCUT2D eigenvalue weighted by molar-refractivity contribution is 6.35. The number of rotatable bonds is 5. The Hall–Kier alpha value is -1.18.